The number of carbonyl (C=O) groups excluding carboxylic acids is 2. The first-order valence-corrected chi connectivity index (χ1v) is 9.24. The minimum Gasteiger partial charge on any atom is -0.333 e. The number of nitrogens with one attached hydrogen (secondary N) is 1. The molecule has 1 aromatic heterocycles. The van der Waals surface area contributed by atoms with E-state index in [-0.39, 0.29) is 30.6 Å². The second kappa shape index (κ2) is 7.92. The standard InChI is InChI=1S/C18H19ClN2O2S/c19-14-5-2-1-4-13(14)15-12-20-9-10-21(15)18(23)8-7-16(22)17-6-3-11-24-17/h1-6,11,15,20H,7-10,12H2. The molecule has 1 N–H and O–H groups in total. The largest absolute Gasteiger partial charge is 0.333 e. The summed E-state index contributed by atoms with van der Waals surface area (Å²) in [7, 11) is 0. The van der Waals surface area contributed by atoms with Crippen molar-refractivity contribution in [2.24, 2.45) is 0 Å². The third kappa shape index (κ3) is 3.86. The number of amides is 1. The fourth-order valence-corrected chi connectivity index (χ4v) is 3.91. The van der Waals surface area contributed by atoms with Crippen molar-refractivity contribution in [2.45, 2.75) is 18.9 Å². The SMILES string of the molecule is O=C(CCC(=O)N1CCNCC1c1ccccc1Cl)c1cccs1. The number of rotatable bonds is 5. The van der Waals surface area contributed by atoms with Gasteiger partial charge in [-0.25, -0.2) is 0 Å². The van der Waals surface area contributed by atoms with Gasteiger partial charge in [-0.1, -0.05) is 35.9 Å². The first-order valence-electron chi connectivity index (χ1n) is 7.98. The van der Waals surface area contributed by atoms with Gasteiger partial charge in [-0.05, 0) is 23.1 Å². The Hall–Kier alpha value is -1.69. The van der Waals surface area contributed by atoms with Crippen LogP contribution in [-0.2, 0) is 4.79 Å². The summed E-state index contributed by atoms with van der Waals surface area (Å²) in [4.78, 5) is 27.3. The Bertz CT molecular complexity index is 718. The highest BCUT2D eigenvalue weighted by atomic mass is 35.5. The van der Waals surface area contributed by atoms with Crippen molar-refractivity contribution >= 4 is 34.6 Å². The van der Waals surface area contributed by atoms with Crippen LogP contribution in [0.4, 0.5) is 0 Å². The van der Waals surface area contributed by atoms with E-state index < -0.39 is 0 Å². The van der Waals surface area contributed by atoms with E-state index in [0.717, 1.165) is 12.1 Å². The minimum absolute atomic E-state index is 0.00586. The number of halogens is 1. The lowest BCUT2D eigenvalue weighted by Crippen LogP contribution is -2.48. The van der Waals surface area contributed by atoms with Crippen LogP contribution < -0.4 is 5.32 Å². The Morgan fingerprint density at radius 3 is 2.79 bits per heavy atom. The Kier molecular flexibility index (Phi) is 5.66. The number of nitrogens with zero attached hydrogens (tertiary/aromatic N) is 1. The lowest BCUT2D eigenvalue weighted by atomic mass is 10.0. The van der Waals surface area contributed by atoms with Gasteiger partial charge in [0.2, 0.25) is 5.91 Å². The fourth-order valence-electron chi connectivity index (χ4n) is 2.95. The van der Waals surface area contributed by atoms with Crippen LogP contribution in [-0.4, -0.2) is 36.2 Å². The number of carbonyl (C=O) groups is 2. The summed E-state index contributed by atoms with van der Waals surface area (Å²) in [6, 6.07) is 11.2. The van der Waals surface area contributed by atoms with Crippen LogP contribution in [0.25, 0.3) is 0 Å². The zero-order valence-corrected chi connectivity index (χ0v) is 14.8. The second-order valence-electron chi connectivity index (χ2n) is 5.73. The zero-order chi connectivity index (χ0) is 16.9. The molecule has 1 unspecified atom stereocenters. The number of Topliss-reactive ketones (excluding diaryl/α,β-unsaturated/α-hetero) is 1. The smallest absolute Gasteiger partial charge is 0.223 e. The van der Waals surface area contributed by atoms with Gasteiger partial charge in [0.25, 0.3) is 0 Å². The molecule has 24 heavy (non-hydrogen) atoms. The molecule has 1 saturated heterocycles. The molecule has 1 aromatic carbocycles. The molecule has 126 valence electrons. The summed E-state index contributed by atoms with van der Waals surface area (Å²) >= 11 is 7.72. The molecular weight excluding hydrogens is 344 g/mol. The van der Waals surface area contributed by atoms with Crippen molar-refractivity contribution in [1.82, 2.24) is 10.2 Å². The molecule has 1 fully saturated rings. The van der Waals surface area contributed by atoms with Gasteiger partial charge in [-0.15, -0.1) is 11.3 Å². The van der Waals surface area contributed by atoms with Gasteiger partial charge in [-0.2, -0.15) is 0 Å². The normalized spacial score (nSPS) is 17.7. The molecule has 1 amide bonds. The molecule has 0 spiro atoms. The molecule has 1 atom stereocenters. The van der Waals surface area contributed by atoms with Crippen LogP contribution in [0.15, 0.2) is 41.8 Å². The van der Waals surface area contributed by atoms with Gasteiger partial charge >= 0.3 is 0 Å². The van der Waals surface area contributed by atoms with Gasteiger partial charge in [0.1, 0.15) is 0 Å². The molecule has 1 aliphatic heterocycles. The first-order chi connectivity index (χ1) is 11.7. The van der Waals surface area contributed by atoms with E-state index in [0.29, 0.717) is 23.0 Å². The maximum absolute atomic E-state index is 12.7. The van der Waals surface area contributed by atoms with Crippen molar-refractivity contribution in [2.75, 3.05) is 19.6 Å². The van der Waals surface area contributed by atoms with E-state index in [9.17, 15) is 9.59 Å². The molecule has 4 nitrogen and oxygen atoms in total. The number of hydrogen-bond donors (Lipinski definition) is 1. The Balaban J connectivity index is 1.68. The highest BCUT2D eigenvalue weighted by Gasteiger charge is 2.29. The fraction of sp³-hybridized carbons (Fsp3) is 0.333. The summed E-state index contributed by atoms with van der Waals surface area (Å²) in [5.41, 5.74) is 0.948. The minimum atomic E-state index is -0.0863. The molecular formula is C18H19ClN2O2S. The highest BCUT2D eigenvalue weighted by molar-refractivity contribution is 7.12. The lowest BCUT2D eigenvalue weighted by molar-refractivity contribution is -0.134. The maximum Gasteiger partial charge on any atom is 0.223 e. The third-order valence-corrected chi connectivity index (χ3v) is 5.44. The van der Waals surface area contributed by atoms with E-state index >= 15 is 0 Å². The quantitative estimate of drug-likeness (QED) is 0.828. The lowest BCUT2D eigenvalue weighted by Gasteiger charge is -2.37. The monoisotopic (exact) mass is 362 g/mol. The van der Waals surface area contributed by atoms with E-state index in [1.807, 2.05) is 40.6 Å². The van der Waals surface area contributed by atoms with Crippen molar-refractivity contribution in [3.63, 3.8) is 0 Å². The average Bonchev–Trinajstić information content (AvgIpc) is 3.14. The van der Waals surface area contributed by atoms with Gasteiger partial charge in [0, 0.05) is 37.5 Å². The van der Waals surface area contributed by atoms with Crippen LogP contribution >= 0.6 is 22.9 Å². The van der Waals surface area contributed by atoms with Crippen LogP contribution in [0.5, 0.6) is 0 Å². The summed E-state index contributed by atoms with van der Waals surface area (Å²) in [6.45, 7) is 2.06. The molecule has 6 heteroatoms. The van der Waals surface area contributed by atoms with Crippen molar-refractivity contribution in [3.05, 3.63) is 57.2 Å². The van der Waals surface area contributed by atoms with Crippen LogP contribution in [0, 0.1) is 0 Å². The summed E-state index contributed by atoms with van der Waals surface area (Å²) in [6.07, 6.45) is 0.482. The molecule has 2 heterocycles. The Morgan fingerprint density at radius 2 is 2.04 bits per heavy atom. The molecule has 3 rings (SSSR count). The predicted molar refractivity (Wildman–Crippen MR) is 96.7 cm³/mol. The zero-order valence-electron chi connectivity index (χ0n) is 13.2. The van der Waals surface area contributed by atoms with Crippen molar-refractivity contribution < 1.29 is 9.59 Å². The first kappa shape index (κ1) is 17.1. The van der Waals surface area contributed by atoms with Crippen LogP contribution in [0.1, 0.15) is 34.1 Å². The van der Waals surface area contributed by atoms with E-state index in [1.165, 1.54) is 11.3 Å². The number of thiophene rings is 1. The summed E-state index contributed by atoms with van der Waals surface area (Å²) in [5, 5.41) is 5.85. The Labute approximate surface area is 150 Å². The predicted octanol–water partition coefficient (Wildman–Crippen LogP) is 3.54. The highest BCUT2D eigenvalue weighted by Crippen LogP contribution is 2.29. The van der Waals surface area contributed by atoms with Gasteiger partial charge < -0.3 is 10.2 Å². The number of benzene rings is 1. The van der Waals surface area contributed by atoms with E-state index in [1.54, 1.807) is 6.07 Å². The molecule has 0 saturated carbocycles. The summed E-state index contributed by atoms with van der Waals surface area (Å²) in [5.74, 6) is 0.0362. The Morgan fingerprint density at radius 1 is 1.21 bits per heavy atom. The molecule has 0 bridgehead atoms. The van der Waals surface area contributed by atoms with Crippen molar-refractivity contribution in [1.29, 1.82) is 0 Å². The van der Waals surface area contributed by atoms with Crippen molar-refractivity contribution in [3.8, 4) is 0 Å². The van der Waals surface area contributed by atoms with Gasteiger partial charge in [0.05, 0.1) is 10.9 Å². The molecule has 1 aliphatic rings. The molecule has 2 aromatic rings. The topological polar surface area (TPSA) is 49.4 Å². The molecule has 0 radical (unpaired) electrons. The van der Waals surface area contributed by atoms with E-state index in [2.05, 4.69) is 5.32 Å². The third-order valence-electron chi connectivity index (χ3n) is 4.19. The average molecular weight is 363 g/mol. The van der Waals surface area contributed by atoms with Gasteiger partial charge in [0.15, 0.2) is 5.78 Å². The maximum atomic E-state index is 12.7. The number of hydrogen-bond acceptors (Lipinski definition) is 4. The second-order valence-corrected chi connectivity index (χ2v) is 7.08. The molecule has 0 aliphatic carbocycles. The van der Waals surface area contributed by atoms with E-state index in [4.69, 9.17) is 11.6 Å². The summed E-state index contributed by atoms with van der Waals surface area (Å²) < 4.78 is 0. The van der Waals surface area contributed by atoms with Crippen LogP contribution in [0.2, 0.25) is 5.02 Å². The number of piperazine rings is 1. The number of ketones is 1. The van der Waals surface area contributed by atoms with Crippen LogP contribution in [0.3, 0.4) is 0 Å². The van der Waals surface area contributed by atoms with Gasteiger partial charge in [-0.3, -0.25) is 9.59 Å².